The number of carbonyl (C=O) groups is 1. The van der Waals surface area contributed by atoms with E-state index in [-0.39, 0.29) is 11.8 Å². The number of piperidine rings is 1. The van der Waals surface area contributed by atoms with Crippen LogP contribution in [-0.4, -0.2) is 63.7 Å². The third kappa shape index (κ3) is 3.60. The van der Waals surface area contributed by atoms with Gasteiger partial charge >= 0.3 is 0 Å². The first-order chi connectivity index (χ1) is 13.7. The summed E-state index contributed by atoms with van der Waals surface area (Å²) in [5.74, 6) is 2.05. The Labute approximate surface area is 163 Å². The number of hydrogen-bond donors (Lipinski definition) is 2. The summed E-state index contributed by atoms with van der Waals surface area (Å²) in [5.41, 5.74) is 2.48. The van der Waals surface area contributed by atoms with E-state index >= 15 is 0 Å². The predicted octanol–water partition coefficient (Wildman–Crippen LogP) is 2.37. The van der Waals surface area contributed by atoms with E-state index in [2.05, 4.69) is 20.3 Å². The predicted molar refractivity (Wildman–Crippen MR) is 108 cm³/mol. The third-order valence-corrected chi connectivity index (χ3v) is 5.33. The molecule has 0 bridgehead atoms. The van der Waals surface area contributed by atoms with Gasteiger partial charge in [-0.15, -0.1) is 0 Å². The Morgan fingerprint density at radius 1 is 1.43 bits per heavy atom. The fourth-order valence-electron chi connectivity index (χ4n) is 3.82. The van der Waals surface area contributed by atoms with Gasteiger partial charge in [0.2, 0.25) is 5.95 Å². The molecule has 1 aliphatic rings. The molecule has 148 valence electrons. The van der Waals surface area contributed by atoms with Crippen molar-refractivity contribution in [2.45, 2.75) is 18.8 Å². The van der Waals surface area contributed by atoms with Crippen molar-refractivity contribution >= 4 is 22.9 Å². The third-order valence-electron chi connectivity index (χ3n) is 5.33. The number of fused-ring (bicyclic) bond motifs is 1. The molecule has 1 amide bonds. The molecule has 1 saturated heterocycles. The maximum Gasteiger partial charge on any atom is 0.253 e. The number of methoxy groups -OCH3 is 1. The second-order valence-corrected chi connectivity index (χ2v) is 7.18. The van der Waals surface area contributed by atoms with Crippen LogP contribution in [0.25, 0.3) is 11.0 Å². The first kappa shape index (κ1) is 18.5. The Kier molecular flexibility index (Phi) is 5.29. The van der Waals surface area contributed by atoms with E-state index in [1.165, 1.54) is 0 Å². The highest BCUT2D eigenvalue weighted by Gasteiger charge is 2.27. The summed E-state index contributed by atoms with van der Waals surface area (Å²) < 4.78 is 7.07. The number of hydrogen-bond acceptors (Lipinski definition) is 5. The van der Waals surface area contributed by atoms with Crippen LogP contribution in [0.3, 0.4) is 0 Å². The molecule has 0 saturated carbocycles. The largest absolute Gasteiger partial charge is 0.383 e. The lowest BCUT2D eigenvalue weighted by atomic mass is 9.96. The van der Waals surface area contributed by atoms with E-state index in [1.807, 2.05) is 40.9 Å². The molecule has 0 radical (unpaired) electrons. The molecule has 8 nitrogen and oxygen atoms in total. The highest BCUT2D eigenvalue weighted by molar-refractivity contribution is 5.97. The molecule has 0 spiro atoms. The summed E-state index contributed by atoms with van der Waals surface area (Å²) in [6, 6.07) is 5.74. The Morgan fingerprint density at radius 3 is 3.11 bits per heavy atom. The van der Waals surface area contributed by atoms with Crippen molar-refractivity contribution in [3.05, 3.63) is 42.0 Å². The average molecular weight is 382 g/mol. The lowest BCUT2D eigenvalue weighted by Gasteiger charge is -2.32. The summed E-state index contributed by atoms with van der Waals surface area (Å²) in [6.45, 7) is 2.76. The number of aryl methyl sites for hydroxylation is 1. The topological polar surface area (TPSA) is 88.1 Å². The first-order valence-electron chi connectivity index (χ1n) is 9.65. The van der Waals surface area contributed by atoms with Crippen LogP contribution in [0, 0.1) is 0 Å². The second kappa shape index (κ2) is 8.02. The lowest BCUT2D eigenvalue weighted by molar-refractivity contribution is 0.0705. The van der Waals surface area contributed by atoms with Crippen LogP contribution < -0.4 is 5.32 Å². The molecule has 28 heavy (non-hydrogen) atoms. The van der Waals surface area contributed by atoms with Crippen LogP contribution in [0.2, 0.25) is 0 Å². The number of amides is 1. The second-order valence-electron chi connectivity index (χ2n) is 7.18. The van der Waals surface area contributed by atoms with Gasteiger partial charge in [-0.3, -0.25) is 4.79 Å². The van der Waals surface area contributed by atoms with E-state index in [4.69, 9.17) is 4.74 Å². The van der Waals surface area contributed by atoms with Crippen LogP contribution in [-0.2, 0) is 11.8 Å². The summed E-state index contributed by atoms with van der Waals surface area (Å²) in [7, 11) is 3.64. The SMILES string of the molecule is COCCNc1nc2cc(C(=O)N3CCC[C@@H](c4ncc[nH]4)C3)ccc2n1C. The number of aromatic nitrogens is 4. The standard InChI is InChI=1S/C20H26N6O2/c1-25-17-6-5-14(12-16(17)24-20(25)23-9-11-28-2)19(27)26-10-3-4-15(13-26)18-21-7-8-22-18/h5-8,12,15H,3-4,9-11,13H2,1-2H3,(H,21,22)(H,23,24)/t15-/m1/s1. The van der Waals surface area contributed by atoms with Gasteiger partial charge in [0.05, 0.1) is 17.6 Å². The normalized spacial score (nSPS) is 17.2. The Morgan fingerprint density at radius 2 is 2.32 bits per heavy atom. The molecular weight excluding hydrogens is 356 g/mol. The average Bonchev–Trinajstić information content (AvgIpc) is 3.36. The molecule has 2 aromatic heterocycles. The fraction of sp³-hybridized carbons (Fsp3) is 0.450. The highest BCUT2D eigenvalue weighted by Crippen LogP contribution is 2.26. The number of benzene rings is 1. The molecule has 1 atom stereocenters. The van der Waals surface area contributed by atoms with Gasteiger partial charge < -0.3 is 24.5 Å². The van der Waals surface area contributed by atoms with E-state index in [1.54, 1.807) is 13.3 Å². The number of nitrogens with one attached hydrogen (secondary N) is 2. The number of ether oxygens (including phenoxy) is 1. The van der Waals surface area contributed by atoms with Crippen LogP contribution in [0.15, 0.2) is 30.6 Å². The van der Waals surface area contributed by atoms with Crippen LogP contribution in [0.4, 0.5) is 5.95 Å². The van der Waals surface area contributed by atoms with Gasteiger partial charge in [0.1, 0.15) is 5.82 Å². The molecule has 3 aromatic rings. The van der Waals surface area contributed by atoms with Crippen LogP contribution in [0.1, 0.15) is 34.9 Å². The van der Waals surface area contributed by atoms with Gasteiger partial charge in [-0.05, 0) is 31.0 Å². The van der Waals surface area contributed by atoms with Gasteiger partial charge in [-0.2, -0.15) is 0 Å². The minimum Gasteiger partial charge on any atom is -0.383 e. The summed E-state index contributed by atoms with van der Waals surface area (Å²) in [5, 5.41) is 3.26. The maximum absolute atomic E-state index is 13.1. The van der Waals surface area contributed by atoms with Gasteiger partial charge in [-0.25, -0.2) is 9.97 Å². The monoisotopic (exact) mass is 382 g/mol. The van der Waals surface area contributed by atoms with Crippen molar-refractivity contribution in [2.75, 3.05) is 38.7 Å². The zero-order valence-electron chi connectivity index (χ0n) is 16.3. The first-order valence-corrected chi connectivity index (χ1v) is 9.65. The van der Waals surface area contributed by atoms with E-state index < -0.39 is 0 Å². The molecule has 2 N–H and O–H groups in total. The van der Waals surface area contributed by atoms with Crippen molar-refractivity contribution in [2.24, 2.45) is 7.05 Å². The summed E-state index contributed by atoms with van der Waals surface area (Å²) >= 11 is 0. The molecule has 8 heteroatoms. The Hall–Kier alpha value is -2.87. The zero-order chi connectivity index (χ0) is 19.5. The van der Waals surface area contributed by atoms with Gasteiger partial charge in [0.25, 0.3) is 5.91 Å². The van der Waals surface area contributed by atoms with E-state index in [9.17, 15) is 4.79 Å². The van der Waals surface area contributed by atoms with Crippen LogP contribution >= 0.6 is 0 Å². The number of carbonyl (C=O) groups excluding carboxylic acids is 1. The molecule has 4 rings (SSSR count). The number of H-pyrrole nitrogens is 1. The highest BCUT2D eigenvalue weighted by atomic mass is 16.5. The number of imidazole rings is 2. The molecule has 0 aliphatic carbocycles. The Balaban J connectivity index is 1.52. The number of nitrogens with zero attached hydrogens (tertiary/aromatic N) is 4. The molecular formula is C20H26N6O2. The van der Waals surface area contributed by atoms with Crippen molar-refractivity contribution in [3.63, 3.8) is 0 Å². The molecule has 1 fully saturated rings. The van der Waals surface area contributed by atoms with Crippen molar-refractivity contribution < 1.29 is 9.53 Å². The van der Waals surface area contributed by atoms with Crippen molar-refractivity contribution in [1.82, 2.24) is 24.4 Å². The smallest absolute Gasteiger partial charge is 0.253 e. The van der Waals surface area contributed by atoms with E-state index in [0.29, 0.717) is 25.3 Å². The van der Waals surface area contributed by atoms with Crippen LogP contribution in [0.5, 0.6) is 0 Å². The molecule has 3 heterocycles. The zero-order valence-corrected chi connectivity index (χ0v) is 16.3. The minimum absolute atomic E-state index is 0.0534. The summed E-state index contributed by atoms with van der Waals surface area (Å²) in [4.78, 5) is 27.2. The van der Waals surface area contributed by atoms with E-state index in [0.717, 1.165) is 42.2 Å². The lowest BCUT2D eigenvalue weighted by Crippen LogP contribution is -2.39. The fourth-order valence-corrected chi connectivity index (χ4v) is 3.82. The number of likely N-dealkylation sites (tertiary alicyclic amines) is 1. The minimum atomic E-state index is 0.0534. The molecule has 1 aromatic carbocycles. The Bertz CT molecular complexity index is 949. The van der Waals surface area contributed by atoms with Crippen molar-refractivity contribution in [1.29, 1.82) is 0 Å². The quantitative estimate of drug-likeness (QED) is 0.639. The molecule has 1 aliphatic heterocycles. The van der Waals surface area contributed by atoms with Gasteiger partial charge in [0.15, 0.2) is 0 Å². The number of anilines is 1. The van der Waals surface area contributed by atoms with Gasteiger partial charge in [0, 0.05) is 57.7 Å². The summed E-state index contributed by atoms with van der Waals surface area (Å²) in [6.07, 6.45) is 5.64. The maximum atomic E-state index is 13.1. The molecule has 0 unspecified atom stereocenters. The number of rotatable bonds is 6. The van der Waals surface area contributed by atoms with Crippen molar-refractivity contribution in [3.8, 4) is 0 Å². The van der Waals surface area contributed by atoms with Gasteiger partial charge in [-0.1, -0.05) is 0 Å². The number of aromatic amines is 1.